The van der Waals surface area contributed by atoms with E-state index in [1.807, 2.05) is 0 Å². The van der Waals surface area contributed by atoms with Gasteiger partial charge in [-0.05, 0) is 39.1 Å². The molecule has 1 aliphatic heterocycles. The maximum atomic E-state index is 3.37. The van der Waals surface area contributed by atoms with Crippen LogP contribution in [0.2, 0.25) is 0 Å². The van der Waals surface area contributed by atoms with E-state index in [0.717, 1.165) is 12.3 Å². The van der Waals surface area contributed by atoms with Crippen LogP contribution in [0, 0.1) is 0 Å². The highest BCUT2D eigenvalue weighted by Crippen LogP contribution is 2.33. The Morgan fingerprint density at radius 3 is 2.70 bits per heavy atom. The van der Waals surface area contributed by atoms with Crippen LogP contribution in [-0.2, 0) is 12.3 Å². The minimum atomic E-state index is 0.960. The molecule has 1 heterocycles. The van der Waals surface area contributed by atoms with Crippen LogP contribution in [-0.4, -0.2) is 0 Å². The number of nitrogens with one attached hydrogen (secondary N) is 1. The van der Waals surface area contributed by atoms with Crippen molar-refractivity contribution in [3.05, 3.63) is 71.8 Å². The third-order valence-electron chi connectivity index (χ3n) is 3.91. The molecule has 2 heteroatoms. The molecule has 0 saturated carbocycles. The second-order valence-corrected chi connectivity index (χ2v) is 5.98. The molecule has 1 N–H and O–H groups in total. The fraction of sp³-hybridized carbons (Fsp3) is 0.111. The molecule has 3 aromatic carbocycles. The lowest BCUT2D eigenvalue weighted by Crippen LogP contribution is -2.12. The molecule has 0 saturated heterocycles. The average molecular weight is 277 g/mol. The molecular formula is C18H15NS. The van der Waals surface area contributed by atoms with Crippen molar-refractivity contribution in [2.24, 2.45) is 0 Å². The standard InChI is InChI=1S/C18H15NS/c1-2-5-14-10-15(9-8-13(14)4-1)17-7-3-6-16-11-19-20-12-18(16)17/h1-10,19H,11-12H2. The summed E-state index contributed by atoms with van der Waals surface area (Å²) in [6, 6.07) is 22.0. The lowest BCUT2D eigenvalue weighted by atomic mass is 9.94. The largest absolute Gasteiger partial charge is 0.259 e. The lowest BCUT2D eigenvalue weighted by Gasteiger charge is -2.20. The highest BCUT2D eigenvalue weighted by atomic mass is 32.2. The summed E-state index contributed by atoms with van der Waals surface area (Å²) in [4.78, 5) is 0. The van der Waals surface area contributed by atoms with Gasteiger partial charge in [0.05, 0.1) is 0 Å². The first-order valence-electron chi connectivity index (χ1n) is 6.86. The third-order valence-corrected chi connectivity index (χ3v) is 4.70. The fourth-order valence-electron chi connectivity index (χ4n) is 2.85. The summed E-state index contributed by atoms with van der Waals surface area (Å²) in [7, 11) is 0. The van der Waals surface area contributed by atoms with Crippen molar-refractivity contribution in [3.8, 4) is 11.1 Å². The van der Waals surface area contributed by atoms with Gasteiger partial charge in [0.1, 0.15) is 0 Å². The molecule has 0 bridgehead atoms. The zero-order valence-corrected chi connectivity index (χ0v) is 11.9. The van der Waals surface area contributed by atoms with Crippen LogP contribution >= 0.6 is 11.9 Å². The van der Waals surface area contributed by atoms with E-state index in [-0.39, 0.29) is 0 Å². The van der Waals surface area contributed by atoms with E-state index >= 15 is 0 Å². The summed E-state index contributed by atoms with van der Waals surface area (Å²) in [5, 5.41) is 2.61. The number of benzene rings is 3. The second kappa shape index (κ2) is 4.97. The molecular weight excluding hydrogens is 262 g/mol. The number of hydrogen-bond donors (Lipinski definition) is 1. The number of rotatable bonds is 1. The zero-order chi connectivity index (χ0) is 13.4. The average Bonchev–Trinajstić information content (AvgIpc) is 2.54. The van der Waals surface area contributed by atoms with Crippen LogP contribution < -0.4 is 4.72 Å². The monoisotopic (exact) mass is 277 g/mol. The van der Waals surface area contributed by atoms with Gasteiger partial charge in [0.2, 0.25) is 0 Å². The Labute approximate surface area is 123 Å². The summed E-state index contributed by atoms with van der Waals surface area (Å²) >= 11 is 1.80. The smallest absolute Gasteiger partial charge is 0.0339 e. The van der Waals surface area contributed by atoms with E-state index in [9.17, 15) is 0 Å². The SMILES string of the molecule is c1cc2c(c(-c3ccc4ccccc4c3)c1)CSNC2. The summed E-state index contributed by atoms with van der Waals surface area (Å²) in [6.45, 7) is 0.960. The Morgan fingerprint density at radius 1 is 0.850 bits per heavy atom. The Morgan fingerprint density at radius 2 is 1.75 bits per heavy atom. The maximum Gasteiger partial charge on any atom is 0.0339 e. The summed E-state index contributed by atoms with van der Waals surface area (Å²) < 4.78 is 3.37. The molecule has 0 aromatic heterocycles. The van der Waals surface area contributed by atoms with E-state index in [2.05, 4.69) is 65.4 Å². The topological polar surface area (TPSA) is 12.0 Å². The molecule has 3 aromatic rings. The predicted octanol–water partition coefficient (Wildman–Crippen LogP) is 4.76. The first kappa shape index (κ1) is 12.0. The molecule has 0 unspecified atom stereocenters. The van der Waals surface area contributed by atoms with E-state index in [1.54, 1.807) is 11.9 Å². The van der Waals surface area contributed by atoms with Crippen LogP contribution in [0.15, 0.2) is 60.7 Å². The molecule has 4 rings (SSSR count). The van der Waals surface area contributed by atoms with E-state index in [1.165, 1.54) is 33.0 Å². The Bertz CT molecular complexity index is 779. The van der Waals surface area contributed by atoms with Gasteiger partial charge in [-0.15, -0.1) is 0 Å². The number of hydrogen-bond acceptors (Lipinski definition) is 2. The minimum absolute atomic E-state index is 0.960. The lowest BCUT2D eigenvalue weighted by molar-refractivity contribution is 0.936. The van der Waals surface area contributed by atoms with Crippen LogP contribution in [0.4, 0.5) is 0 Å². The molecule has 0 aliphatic carbocycles. The van der Waals surface area contributed by atoms with Gasteiger partial charge in [-0.25, -0.2) is 0 Å². The van der Waals surface area contributed by atoms with Crippen LogP contribution in [0.25, 0.3) is 21.9 Å². The van der Waals surface area contributed by atoms with E-state index < -0.39 is 0 Å². The van der Waals surface area contributed by atoms with E-state index in [0.29, 0.717) is 0 Å². The molecule has 20 heavy (non-hydrogen) atoms. The molecule has 1 nitrogen and oxygen atoms in total. The van der Waals surface area contributed by atoms with Gasteiger partial charge >= 0.3 is 0 Å². The van der Waals surface area contributed by atoms with Gasteiger partial charge in [-0.2, -0.15) is 0 Å². The molecule has 0 fully saturated rings. The Hall–Kier alpha value is -1.77. The normalized spacial score (nSPS) is 14.2. The van der Waals surface area contributed by atoms with Crippen LogP contribution in [0.1, 0.15) is 11.1 Å². The molecule has 0 amide bonds. The van der Waals surface area contributed by atoms with E-state index in [4.69, 9.17) is 0 Å². The van der Waals surface area contributed by atoms with Crippen molar-refractivity contribution < 1.29 is 0 Å². The van der Waals surface area contributed by atoms with Crippen molar-refractivity contribution >= 4 is 22.7 Å². The fourth-order valence-corrected chi connectivity index (χ4v) is 3.69. The van der Waals surface area contributed by atoms with Gasteiger partial charge in [-0.3, -0.25) is 4.72 Å². The highest BCUT2D eigenvalue weighted by Gasteiger charge is 2.14. The first-order valence-corrected chi connectivity index (χ1v) is 7.85. The first-order chi connectivity index (χ1) is 9.92. The minimum Gasteiger partial charge on any atom is -0.259 e. The summed E-state index contributed by atoms with van der Waals surface area (Å²) in [5.41, 5.74) is 5.60. The van der Waals surface area contributed by atoms with Gasteiger partial charge in [0.15, 0.2) is 0 Å². The van der Waals surface area contributed by atoms with Gasteiger partial charge in [-0.1, -0.05) is 66.5 Å². The van der Waals surface area contributed by atoms with Crippen molar-refractivity contribution in [1.29, 1.82) is 0 Å². The van der Waals surface area contributed by atoms with Crippen molar-refractivity contribution in [2.75, 3.05) is 0 Å². The Kier molecular flexibility index (Phi) is 2.98. The van der Waals surface area contributed by atoms with Gasteiger partial charge in [0.25, 0.3) is 0 Å². The summed E-state index contributed by atoms with van der Waals surface area (Å²) in [5.74, 6) is 1.04. The second-order valence-electron chi connectivity index (χ2n) is 5.11. The quantitative estimate of drug-likeness (QED) is 0.644. The van der Waals surface area contributed by atoms with Crippen LogP contribution in [0.5, 0.6) is 0 Å². The molecule has 0 spiro atoms. The number of fused-ring (bicyclic) bond motifs is 2. The van der Waals surface area contributed by atoms with Gasteiger partial charge < -0.3 is 0 Å². The predicted molar refractivity (Wildman–Crippen MR) is 87.5 cm³/mol. The molecule has 0 radical (unpaired) electrons. The molecule has 98 valence electrons. The molecule has 1 aliphatic rings. The summed E-state index contributed by atoms with van der Waals surface area (Å²) in [6.07, 6.45) is 0. The van der Waals surface area contributed by atoms with Crippen molar-refractivity contribution in [1.82, 2.24) is 4.72 Å². The van der Waals surface area contributed by atoms with Crippen LogP contribution in [0.3, 0.4) is 0 Å². The zero-order valence-electron chi connectivity index (χ0n) is 11.1. The van der Waals surface area contributed by atoms with Crippen molar-refractivity contribution in [3.63, 3.8) is 0 Å². The van der Waals surface area contributed by atoms with Crippen molar-refractivity contribution in [2.45, 2.75) is 12.3 Å². The highest BCUT2D eigenvalue weighted by molar-refractivity contribution is 7.96. The third kappa shape index (κ3) is 2.01. The van der Waals surface area contributed by atoms with Gasteiger partial charge in [0, 0.05) is 12.3 Å². The Balaban J connectivity index is 1.90. The maximum absolute atomic E-state index is 3.37. The molecule has 0 atom stereocenters.